The Morgan fingerprint density at radius 1 is 0.933 bits per heavy atom. The number of hydrogen-bond donors (Lipinski definition) is 0. The van der Waals surface area contributed by atoms with Crippen LogP contribution in [-0.2, 0) is 0 Å². The SMILES string of the molecule is CCCCCCCCCC1CSCCS1. The van der Waals surface area contributed by atoms with Crippen LogP contribution in [-0.4, -0.2) is 22.5 Å². The predicted octanol–water partition coefficient (Wildman–Crippen LogP) is 4.98. The van der Waals surface area contributed by atoms with Gasteiger partial charge in [-0.2, -0.15) is 23.5 Å². The molecule has 1 heterocycles. The molecular formula is C13H26S2. The number of rotatable bonds is 8. The number of hydrogen-bond acceptors (Lipinski definition) is 2. The molecule has 0 radical (unpaired) electrons. The van der Waals surface area contributed by atoms with Gasteiger partial charge in [0.2, 0.25) is 0 Å². The van der Waals surface area contributed by atoms with E-state index in [0.717, 1.165) is 5.25 Å². The highest BCUT2D eigenvalue weighted by Gasteiger charge is 2.13. The monoisotopic (exact) mass is 246 g/mol. The van der Waals surface area contributed by atoms with Crippen molar-refractivity contribution in [1.29, 1.82) is 0 Å². The van der Waals surface area contributed by atoms with Crippen LogP contribution < -0.4 is 0 Å². The lowest BCUT2D eigenvalue weighted by molar-refractivity contribution is 0.575. The fraction of sp³-hybridized carbons (Fsp3) is 1.00. The van der Waals surface area contributed by atoms with E-state index in [4.69, 9.17) is 0 Å². The molecule has 0 aromatic carbocycles. The third kappa shape index (κ3) is 7.57. The highest BCUT2D eigenvalue weighted by atomic mass is 32.2. The first kappa shape index (κ1) is 13.8. The van der Waals surface area contributed by atoms with E-state index in [1.807, 2.05) is 0 Å². The lowest BCUT2D eigenvalue weighted by Crippen LogP contribution is -2.13. The second kappa shape index (κ2) is 9.89. The molecule has 0 N–H and O–H groups in total. The molecule has 1 saturated heterocycles. The van der Waals surface area contributed by atoms with Gasteiger partial charge in [0.25, 0.3) is 0 Å². The summed E-state index contributed by atoms with van der Waals surface area (Å²) < 4.78 is 0. The number of thioether (sulfide) groups is 2. The Morgan fingerprint density at radius 2 is 1.67 bits per heavy atom. The fourth-order valence-corrected chi connectivity index (χ4v) is 4.83. The highest BCUT2D eigenvalue weighted by Crippen LogP contribution is 2.27. The van der Waals surface area contributed by atoms with E-state index >= 15 is 0 Å². The summed E-state index contributed by atoms with van der Waals surface area (Å²) in [5.41, 5.74) is 0. The Hall–Kier alpha value is 0.700. The average molecular weight is 246 g/mol. The normalized spacial score (nSPS) is 21.8. The highest BCUT2D eigenvalue weighted by molar-refractivity contribution is 8.06. The van der Waals surface area contributed by atoms with Crippen molar-refractivity contribution in [1.82, 2.24) is 0 Å². The van der Waals surface area contributed by atoms with Crippen molar-refractivity contribution in [3.63, 3.8) is 0 Å². The van der Waals surface area contributed by atoms with Gasteiger partial charge in [-0.25, -0.2) is 0 Å². The van der Waals surface area contributed by atoms with E-state index in [-0.39, 0.29) is 0 Å². The van der Waals surface area contributed by atoms with Crippen molar-refractivity contribution in [3.05, 3.63) is 0 Å². The summed E-state index contributed by atoms with van der Waals surface area (Å²) in [5.74, 6) is 4.20. The summed E-state index contributed by atoms with van der Waals surface area (Å²) >= 11 is 4.37. The second-order valence-electron chi connectivity index (χ2n) is 4.48. The molecule has 1 aliphatic heterocycles. The van der Waals surface area contributed by atoms with Crippen molar-refractivity contribution in [3.8, 4) is 0 Å². The molecule has 1 fully saturated rings. The molecule has 90 valence electrons. The van der Waals surface area contributed by atoms with E-state index in [1.54, 1.807) is 0 Å². The van der Waals surface area contributed by atoms with Gasteiger partial charge in [-0.3, -0.25) is 0 Å². The molecule has 0 bridgehead atoms. The first-order valence-electron chi connectivity index (χ1n) is 6.63. The molecule has 0 aromatic heterocycles. The zero-order valence-corrected chi connectivity index (χ0v) is 11.8. The predicted molar refractivity (Wildman–Crippen MR) is 76.2 cm³/mol. The Morgan fingerprint density at radius 3 is 2.33 bits per heavy atom. The zero-order valence-electron chi connectivity index (χ0n) is 10.2. The minimum Gasteiger partial charge on any atom is -0.160 e. The van der Waals surface area contributed by atoms with Crippen LogP contribution in [0.2, 0.25) is 0 Å². The Kier molecular flexibility index (Phi) is 9.08. The standard InChI is InChI=1S/C13H26S2/c1-2-3-4-5-6-7-8-9-13-12-14-10-11-15-13/h13H,2-12H2,1H3. The molecular weight excluding hydrogens is 220 g/mol. The van der Waals surface area contributed by atoms with E-state index in [0.29, 0.717) is 0 Å². The minimum atomic E-state index is 0.986. The van der Waals surface area contributed by atoms with E-state index in [9.17, 15) is 0 Å². The third-order valence-corrected chi connectivity index (χ3v) is 5.93. The van der Waals surface area contributed by atoms with Crippen LogP contribution >= 0.6 is 23.5 Å². The first-order valence-corrected chi connectivity index (χ1v) is 8.83. The summed E-state index contributed by atoms with van der Waals surface area (Å²) in [6.45, 7) is 2.29. The van der Waals surface area contributed by atoms with Gasteiger partial charge in [0.15, 0.2) is 0 Å². The molecule has 2 heteroatoms. The van der Waals surface area contributed by atoms with Crippen molar-refractivity contribution >= 4 is 23.5 Å². The molecule has 0 nitrogen and oxygen atoms in total. The maximum absolute atomic E-state index is 2.29. The van der Waals surface area contributed by atoms with Gasteiger partial charge in [-0.05, 0) is 6.42 Å². The fourth-order valence-electron chi connectivity index (χ4n) is 2.03. The minimum absolute atomic E-state index is 0.986. The molecule has 0 saturated carbocycles. The molecule has 0 spiro atoms. The lowest BCUT2D eigenvalue weighted by Gasteiger charge is -2.20. The Bertz CT molecular complexity index is 130. The first-order chi connectivity index (χ1) is 7.43. The molecule has 0 aromatic rings. The molecule has 0 amide bonds. The van der Waals surface area contributed by atoms with Crippen LogP contribution in [0.25, 0.3) is 0 Å². The van der Waals surface area contributed by atoms with Gasteiger partial charge in [-0.15, -0.1) is 0 Å². The Balaban J connectivity index is 1.79. The van der Waals surface area contributed by atoms with Crippen molar-refractivity contribution in [2.75, 3.05) is 17.3 Å². The maximum atomic E-state index is 2.29. The molecule has 0 aliphatic carbocycles. The van der Waals surface area contributed by atoms with Gasteiger partial charge in [0, 0.05) is 22.5 Å². The average Bonchev–Trinajstić information content (AvgIpc) is 2.29. The maximum Gasteiger partial charge on any atom is 0.0138 e. The summed E-state index contributed by atoms with van der Waals surface area (Å²) in [7, 11) is 0. The van der Waals surface area contributed by atoms with Crippen LogP contribution in [0.4, 0.5) is 0 Å². The van der Waals surface area contributed by atoms with Crippen LogP contribution in [0.5, 0.6) is 0 Å². The smallest absolute Gasteiger partial charge is 0.0138 e. The molecule has 1 atom stereocenters. The van der Waals surface area contributed by atoms with Crippen molar-refractivity contribution in [2.24, 2.45) is 0 Å². The lowest BCUT2D eigenvalue weighted by atomic mass is 10.1. The number of unbranched alkanes of at least 4 members (excludes halogenated alkanes) is 6. The van der Waals surface area contributed by atoms with Crippen LogP contribution in [0.3, 0.4) is 0 Å². The summed E-state index contributed by atoms with van der Waals surface area (Å²) in [6.07, 6.45) is 11.7. The molecule has 1 unspecified atom stereocenters. The molecule has 1 rings (SSSR count). The van der Waals surface area contributed by atoms with E-state index in [1.165, 1.54) is 68.6 Å². The third-order valence-electron chi connectivity index (χ3n) is 3.01. The van der Waals surface area contributed by atoms with E-state index in [2.05, 4.69) is 30.4 Å². The molecule has 1 aliphatic rings. The summed E-state index contributed by atoms with van der Waals surface area (Å²) in [5, 5.41) is 0.986. The van der Waals surface area contributed by atoms with Gasteiger partial charge < -0.3 is 0 Å². The van der Waals surface area contributed by atoms with Crippen molar-refractivity contribution < 1.29 is 0 Å². The van der Waals surface area contributed by atoms with Crippen LogP contribution in [0.1, 0.15) is 58.3 Å². The van der Waals surface area contributed by atoms with Gasteiger partial charge in [-0.1, -0.05) is 51.9 Å². The zero-order chi connectivity index (χ0) is 10.8. The van der Waals surface area contributed by atoms with Gasteiger partial charge >= 0.3 is 0 Å². The Labute approximate surface area is 104 Å². The second-order valence-corrected chi connectivity index (χ2v) is 7.04. The van der Waals surface area contributed by atoms with Crippen molar-refractivity contribution in [2.45, 2.75) is 63.5 Å². The quantitative estimate of drug-likeness (QED) is 0.554. The largest absolute Gasteiger partial charge is 0.160 e. The van der Waals surface area contributed by atoms with Crippen LogP contribution in [0.15, 0.2) is 0 Å². The molecule has 15 heavy (non-hydrogen) atoms. The summed E-state index contributed by atoms with van der Waals surface area (Å²) in [4.78, 5) is 0. The topological polar surface area (TPSA) is 0 Å². The summed E-state index contributed by atoms with van der Waals surface area (Å²) in [6, 6.07) is 0. The van der Waals surface area contributed by atoms with Crippen LogP contribution in [0, 0.1) is 0 Å². The van der Waals surface area contributed by atoms with Gasteiger partial charge in [0.05, 0.1) is 0 Å². The van der Waals surface area contributed by atoms with Gasteiger partial charge in [0.1, 0.15) is 0 Å². The van der Waals surface area contributed by atoms with E-state index < -0.39 is 0 Å².